The fourth-order valence-corrected chi connectivity index (χ4v) is 2.75. The van der Waals surface area contributed by atoms with Crippen molar-refractivity contribution in [2.24, 2.45) is 0 Å². The molecule has 0 spiro atoms. The molecule has 0 aliphatic heterocycles. The van der Waals surface area contributed by atoms with Gasteiger partial charge in [0.15, 0.2) is 6.10 Å². The van der Waals surface area contributed by atoms with Crippen molar-refractivity contribution >= 4 is 35.2 Å². The molecule has 1 atom stereocenters. The molecule has 0 saturated carbocycles. The third-order valence-corrected chi connectivity index (χ3v) is 4.24. The number of anilines is 1. The molecule has 0 saturated heterocycles. The van der Waals surface area contributed by atoms with Crippen LogP contribution in [-0.4, -0.2) is 27.8 Å². The fourth-order valence-electron chi connectivity index (χ4n) is 2.56. The molecule has 6 nitrogen and oxygen atoms in total. The van der Waals surface area contributed by atoms with E-state index < -0.39 is 18.0 Å². The largest absolute Gasteiger partial charge is 0.449 e. The average molecular weight is 410 g/mol. The van der Waals surface area contributed by atoms with Crippen molar-refractivity contribution in [3.05, 3.63) is 89.2 Å². The summed E-state index contributed by atoms with van der Waals surface area (Å²) >= 11 is 5.89. The molecular formula is C22H20ClN3O3. The summed E-state index contributed by atoms with van der Waals surface area (Å²) in [6.07, 6.45) is 5.39. The van der Waals surface area contributed by atoms with E-state index >= 15 is 0 Å². The zero-order valence-electron chi connectivity index (χ0n) is 15.8. The quantitative estimate of drug-likeness (QED) is 0.469. The molecule has 29 heavy (non-hydrogen) atoms. The van der Waals surface area contributed by atoms with Crippen molar-refractivity contribution < 1.29 is 14.3 Å². The Hall–Kier alpha value is -3.38. The predicted molar refractivity (Wildman–Crippen MR) is 112 cm³/mol. The van der Waals surface area contributed by atoms with E-state index in [-0.39, 0.29) is 0 Å². The van der Waals surface area contributed by atoms with Crippen molar-refractivity contribution in [2.45, 2.75) is 19.6 Å². The Labute approximate surface area is 173 Å². The molecule has 148 valence electrons. The first-order valence-corrected chi connectivity index (χ1v) is 9.39. The lowest BCUT2D eigenvalue weighted by Gasteiger charge is -2.12. The van der Waals surface area contributed by atoms with E-state index in [1.807, 2.05) is 36.5 Å². The maximum atomic E-state index is 12.1. The highest BCUT2D eigenvalue weighted by molar-refractivity contribution is 6.30. The minimum absolute atomic E-state index is 0.440. The summed E-state index contributed by atoms with van der Waals surface area (Å²) < 4.78 is 6.92. The predicted octanol–water partition coefficient (Wildman–Crippen LogP) is 4.17. The van der Waals surface area contributed by atoms with E-state index in [1.165, 1.54) is 13.0 Å². The Morgan fingerprint density at radius 3 is 2.76 bits per heavy atom. The zero-order chi connectivity index (χ0) is 20.6. The van der Waals surface area contributed by atoms with Crippen LogP contribution in [0.2, 0.25) is 5.02 Å². The van der Waals surface area contributed by atoms with Crippen LogP contribution in [0.5, 0.6) is 0 Å². The lowest BCUT2D eigenvalue weighted by Crippen LogP contribution is -2.29. The Morgan fingerprint density at radius 1 is 1.21 bits per heavy atom. The van der Waals surface area contributed by atoms with Crippen molar-refractivity contribution in [2.75, 3.05) is 5.32 Å². The standard InChI is InChI=1S/C22H20ClN3O3/c1-16(22(28)25-20-9-5-8-19(23)12-20)29-21(27)11-10-18-13-24-26(15-18)14-17-6-3-2-4-7-17/h2-13,15-16H,14H2,1H3,(H,25,28)/b11-10+/t16-/m0/s1. The van der Waals surface area contributed by atoms with Crippen LogP contribution in [0.3, 0.4) is 0 Å². The SMILES string of the molecule is C[C@H](OC(=O)/C=C/c1cnn(Cc2ccccc2)c1)C(=O)Nc1cccc(Cl)c1. The van der Waals surface area contributed by atoms with Crippen molar-refractivity contribution in [1.82, 2.24) is 9.78 Å². The smallest absolute Gasteiger partial charge is 0.331 e. The van der Waals surface area contributed by atoms with Gasteiger partial charge in [-0.25, -0.2) is 4.79 Å². The number of esters is 1. The van der Waals surface area contributed by atoms with Crippen LogP contribution < -0.4 is 5.32 Å². The fraction of sp³-hybridized carbons (Fsp3) is 0.136. The van der Waals surface area contributed by atoms with E-state index in [0.29, 0.717) is 17.3 Å². The minimum Gasteiger partial charge on any atom is -0.449 e. The molecule has 3 rings (SSSR count). The maximum absolute atomic E-state index is 12.1. The van der Waals surface area contributed by atoms with Gasteiger partial charge >= 0.3 is 5.97 Å². The highest BCUT2D eigenvalue weighted by Crippen LogP contribution is 2.15. The normalized spacial score (nSPS) is 11.9. The molecule has 1 aromatic heterocycles. The Kier molecular flexibility index (Phi) is 6.81. The highest BCUT2D eigenvalue weighted by Gasteiger charge is 2.16. The van der Waals surface area contributed by atoms with Crippen molar-refractivity contribution in [3.8, 4) is 0 Å². The van der Waals surface area contributed by atoms with Crippen LogP contribution in [0.4, 0.5) is 5.69 Å². The van der Waals surface area contributed by atoms with Gasteiger partial charge in [0.25, 0.3) is 5.91 Å². The van der Waals surface area contributed by atoms with Crippen molar-refractivity contribution in [1.29, 1.82) is 0 Å². The molecule has 0 aliphatic carbocycles. The second-order valence-corrected chi connectivity index (χ2v) is 6.81. The van der Waals surface area contributed by atoms with Crippen LogP contribution in [0.25, 0.3) is 6.08 Å². The summed E-state index contributed by atoms with van der Waals surface area (Å²) in [5.74, 6) is -1.06. The number of nitrogens with one attached hydrogen (secondary N) is 1. The van der Waals surface area contributed by atoms with Crippen LogP contribution in [-0.2, 0) is 20.9 Å². The number of carbonyl (C=O) groups is 2. The molecular weight excluding hydrogens is 390 g/mol. The third kappa shape index (κ3) is 6.33. The van der Waals surface area contributed by atoms with Gasteiger partial charge in [0.05, 0.1) is 12.7 Å². The van der Waals surface area contributed by atoms with Crippen LogP contribution in [0.15, 0.2) is 73.1 Å². The number of rotatable bonds is 7. The summed E-state index contributed by atoms with van der Waals surface area (Å²) in [5, 5.41) is 7.42. The van der Waals surface area contributed by atoms with Crippen LogP contribution in [0.1, 0.15) is 18.1 Å². The number of hydrogen-bond acceptors (Lipinski definition) is 4. The van der Waals surface area contributed by atoms with E-state index in [0.717, 1.165) is 11.1 Å². The van der Waals surface area contributed by atoms with E-state index in [4.69, 9.17) is 16.3 Å². The molecule has 2 aromatic carbocycles. The van der Waals surface area contributed by atoms with Gasteiger partial charge in [-0.1, -0.05) is 48.0 Å². The van der Waals surface area contributed by atoms with Crippen molar-refractivity contribution in [3.63, 3.8) is 0 Å². The lowest BCUT2D eigenvalue weighted by molar-refractivity contribution is -0.148. The number of benzene rings is 2. The molecule has 1 amide bonds. The van der Waals surface area contributed by atoms with Gasteiger partial charge in [-0.05, 0) is 36.8 Å². The number of ether oxygens (including phenoxy) is 1. The molecule has 1 heterocycles. The molecule has 7 heteroatoms. The van der Waals surface area contributed by atoms with Gasteiger partial charge in [-0.2, -0.15) is 5.10 Å². The lowest BCUT2D eigenvalue weighted by atomic mass is 10.2. The molecule has 0 radical (unpaired) electrons. The van der Waals surface area contributed by atoms with Gasteiger partial charge in [0.1, 0.15) is 0 Å². The number of hydrogen-bond donors (Lipinski definition) is 1. The summed E-state index contributed by atoms with van der Waals surface area (Å²) in [6, 6.07) is 16.7. The monoisotopic (exact) mass is 409 g/mol. The third-order valence-electron chi connectivity index (χ3n) is 4.01. The summed E-state index contributed by atoms with van der Waals surface area (Å²) in [5.41, 5.74) is 2.42. The average Bonchev–Trinajstić information content (AvgIpc) is 3.14. The van der Waals surface area contributed by atoms with Crippen LogP contribution >= 0.6 is 11.6 Å². The van der Waals surface area contributed by atoms with Gasteiger partial charge < -0.3 is 10.1 Å². The number of carbonyl (C=O) groups excluding carboxylic acids is 2. The van der Waals surface area contributed by atoms with E-state index in [9.17, 15) is 9.59 Å². The number of aromatic nitrogens is 2. The molecule has 1 N–H and O–H groups in total. The Balaban J connectivity index is 1.50. The van der Waals surface area contributed by atoms with Gasteiger partial charge in [-0.15, -0.1) is 0 Å². The second-order valence-electron chi connectivity index (χ2n) is 6.37. The summed E-state index contributed by atoms with van der Waals surface area (Å²) in [7, 11) is 0. The van der Waals surface area contributed by atoms with E-state index in [2.05, 4.69) is 10.4 Å². The zero-order valence-corrected chi connectivity index (χ0v) is 16.5. The van der Waals surface area contributed by atoms with Gasteiger partial charge in [0, 0.05) is 28.5 Å². The Bertz CT molecular complexity index is 1010. The van der Waals surface area contributed by atoms with E-state index in [1.54, 1.807) is 41.2 Å². The topological polar surface area (TPSA) is 73.2 Å². The first kappa shape index (κ1) is 20.4. The van der Waals surface area contributed by atoms with Gasteiger partial charge in [0.2, 0.25) is 0 Å². The second kappa shape index (κ2) is 9.71. The first-order valence-electron chi connectivity index (χ1n) is 9.01. The molecule has 0 unspecified atom stereocenters. The first-order chi connectivity index (χ1) is 14.0. The molecule has 0 aliphatic rings. The molecule has 3 aromatic rings. The number of amides is 1. The molecule has 0 fully saturated rings. The minimum atomic E-state index is -0.952. The van der Waals surface area contributed by atoms with Crippen LogP contribution in [0, 0.1) is 0 Å². The highest BCUT2D eigenvalue weighted by atomic mass is 35.5. The van der Waals surface area contributed by atoms with Gasteiger partial charge in [-0.3, -0.25) is 9.48 Å². The number of halogens is 1. The Morgan fingerprint density at radius 2 is 2.00 bits per heavy atom. The molecule has 0 bridgehead atoms. The number of nitrogens with zero attached hydrogens (tertiary/aromatic N) is 2. The summed E-state index contributed by atoms with van der Waals surface area (Å²) in [4.78, 5) is 24.1. The maximum Gasteiger partial charge on any atom is 0.331 e. The summed E-state index contributed by atoms with van der Waals surface area (Å²) in [6.45, 7) is 2.14.